The highest BCUT2D eigenvalue weighted by Crippen LogP contribution is 2.50. The smallest absolute Gasteiger partial charge is 0.253 e. The lowest BCUT2D eigenvalue weighted by atomic mass is 9.58. The van der Waals surface area contributed by atoms with E-state index >= 15 is 0 Å². The summed E-state index contributed by atoms with van der Waals surface area (Å²) >= 11 is 0. The molecule has 0 aromatic heterocycles. The minimum Gasteiger partial charge on any atom is -0.392 e. The van der Waals surface area contributed by atoms with Crippen LogP contribution in [0.25, 0.3) is 0 Å². The highest BCUT2D eigenvalue weighted by molar-refractivity contribution is 5.94. The SMILES string of the molecule is CO[C@@H]1C[C@H](O)C12CCN(C(=O)c1ccc(C(C)C)cc1)CC2. The number of ether oxygens (including phenoxy) is 1. The second-order valence-corrected chi connectivity index (χ2v) is 7.28. The molecule has 23 heavy (non-hydrogen) atoms. The molecular weight excluding hydrogens is 290 g/mol. The third-order valence-corrected chi connectivity index (χ3v) is 5.83. The van der Waals surface area contributed by atoms with Crippen molar-refractivity contribution < 1.29 is 14.6 Å². The number of nitrogens with zero attached hydrogens (tertiary/aromatic N) is 1. The Morgan fingerprint density at radius 3 is 2.35 bits per heavy atom. The van der Waals surface area contributed by atoms with E-state index < -0.39 is 0 Å². The van der Waals surface area contributed by atoms with Crippen molar-refractivity contribution >= 4 is 5.91 Å². The number of amides is 1. The van der Waals surface area contributed by atoms with Crippen molar-refractivity contribution in [2.24, 2.45) is 5.41 Å². The Morgan fingerprint density at radius 1 is 1.26 bits per heavy atom. The minimum atomic E-state index is -0.282. The fraction of sp³-hybridized carbons (Fsp3) is 0.632. The molecule has 1 heterocycles. The van der Waals surface area contributed by atoms with Crippen LogP contribution < -0.4 is 0 Å². The van der Waals surface area contributed by atoms with Gasteiger partial charge in [-0.2, -0.15) is 0 Å². The van der Waals surface area contributed by atoms with Crippen LogP contribution in [0, 0.1) is 5.41 Å². The zero-order valence-electron chi connectivity index (χ0n) is 14.3. The van der Waals surface area contributed by atoms with E-state index in [0.29, 0.717) is 19.0 Å². The number of rotatable bonds is 3. The van der Waals surface area contributed by atoms with Gasteiger partial charge in [0.05, 0.1) is 12.2 Å². The van der Waals surface area contributed by atoms with Gasteiger partial charge in [0.1, 0.15) is 0 Å². The second kappa shape index (κ2) is 6.25. The van der Waals surface area contributed by atoms with Gasteiger partial charge in [-0.15, -0.1) is 0 Å². The molecule has 126 valence electrons. The zero-order valence-corrected chi connectivity index (χ0v) is 14.3. The topological polar surface area (TPSA) is 49.8 Å². The normalized spacial score (nSPS) is 26.4. The van der Waals surface area contributed by atoms with E-state index in [9.17, 15) is 9.90 Å². The summed E-state index contributed by atoms with van der Waals surface area (Å²) in [6, 6.07) is 7.94. The number of methoxy groups -OCH3 is 1. The Bertz CT molecular complexity index is 558. The maximum atomic E-state index is 12.7. The van der Waals surface area contributed by atoms with E-state index in [4.69, 9.17) is 4.74 Å². The van der Waals surface area contributed by atoms with E-state index in [0.717, 1.165) is 24.8 Å². The van der Waals surface area contributed by atoms with Crippen molar-refractivity contribution in [3.05, 3.63) is 35.4 Å². The first-order valence-electron chi connectivity index (χ1n) is 8.58. The van der Waals surface area contributed by atoms with Crippen molar-refractivity contribution in [2.75, 3.05) is 20.2 Å². The van der Waals surface area contributed by atoms with Gasteiger partial charge in [0.15, 0.2) is 0 Å². The summed E-state index contributed by atoms with van der Waals surface area (Å²) in [5.74, 6) is 0.568. The maximum Gasteiger partial charge on any atom is 0.253 e. The highest BCUT2D eigenvalue weighted by Gasteiger charge is 2.56. The third kappa shape index (κ3) is 2.79. The van der Waals surface area contributed by atoms with Gasteiger partial charge >= 0.3 is 0 Å². The molecule has 4 nitrogen and oxygen atoms in total. The Labute approximate surface area is 138 Å². The van der Waals surface area contributed by atoms with Gasteiger partial charge in [-0.1, -0.05) is 26.0 Å². The predicted molar refractivity (Wildman–Crippen MR) is 89.5 cm³/mol. The Morgan fingerprint density at radius 2 is 1.87 bits per heavy atom. The van der Waals surface area contributed by atoms with Crippen molar-refractivity contribution in [3.63, 3.8) is 0 Å². The summed E-state index contributed by atoms with van der Waals surface area (Å²) < 4.78 is 5.50. The van der Waals surface area contributed by atoms with Crippen LogP contribution in [0.3, 0.4) is 0 Å². The van der Waals surface area contributed by atoms with Gasteiger partial charge in [0.2, 0.25) is 0 Å². The van der Waals surface area contributed by atoms with Crippen LogP contribution in [0.1, 0.15) is 54.9 Å². The van der Waals surface area contributed by atoms with Crippen molar-refractivity contribution in [3.8, 4) is 0 Å². The van der Waals surface area contributed by atoms with Gasteiger partial charge in [-0.25, -0.2) is 0 Å². The molecule has 1 aromatic carbocycles. The fourth-order valence-electron chi connectivity index (χ4n) is 4.03. The number of hydrogen-bond acceptors (Lipinski definition) is 3. The van der Waals surface area contributed by atoms with E-state index in [1.807, 2.05) is 29.2 Å². The van der Waals surface area contributed by atoms with Crippen LogP contribution in [0.2, 0.25) is 0 Å². The largest absolute Gasteiger partial charge is 0.392 e. The molecule has 4 heteroatoms. The molecule has 3 rings (SSSR count). The number of piperidine rings is 1. The number of carbonyl (C=O) groups excluding carboxylic acids is 1. The summed E-state index contributed by atoms with van der Waals surface area (Å²) in [5.41, 5.74) is 1.87. The average molecular weight is 317 g/mol. The van der Waals surface area contributed by atoms with Crippen molar-refractivity contribution in [1.29, 1.82) is 0 Å². The molecular formula is C19H27NO3. The molecule has 1 spiro atoms. The number of hydrogen-bond donors (Lipinski definition) is 1. The van der Waals surface area contributed by atoms with E-state index in [2.05, 4.69) is 13.8 Å². The first-order valence-corrected chi connectivity index (χ1v) is 8.58. The molecule has 1 aliphatic carbocycles. The van der Waals surface area contributed by atoms with Gasteiger partial charge in [-0.05, 0) is 36.5 Å². The molecule has 1 aromatic rings. The van der Waals surface area contributed by atoms with Crippen molar-refractivity contribution in [1.82, 2.24) is 4.90 Å². The Hall–Kier alpha value is -1.39. The predicted octanol–water partition coefficient (Wildman–Crippen LogP) is 2.81. The first-order chi connectivity index (χ1) is 11.0. The molecule has 1 aliphatic heterocycles. The van der Waals surface area contributed by atoms with Crippen LogP contribution in [0.4, 0.5) is 0 Å². The van der Waals surface area contributed by atoms with Gasteiger partial charge in [-0.3, -0.25) is 4.79 Å². The molecule has 1 N–H and O–H groups in total. The van der Waals surface area contributed by atoms with Crippen LogP contribution >= 0.6 is 0 Å². The summed E-state index contributed by atoms with van der Waals surface area (Å²) in [6.07, 6.45) is 2.22. The number of aliphatic hydroxyl groups is 1. The standard InChI is InChI=1S/C19H27NO3/c1-13(2)14-4-6-15(7-5-14)18(22)20-10-8-19(9-11-20)16(21)12-17(19)23-3/h4-7,13,16-17,21H,8-12H2,1-3H3/t16-,17+/m0/s1. The lowest BCUT2D eigenvalue weighted by molar-refractivity contribution is -0.199. The zero-order chi connectivity index (χ0) is 16.6. The third-order valence-electron chi connectivity index (χ3n) is 5.83. The van der Waals surface area contributed by atoms with Gasteiger partial charge < -0.3 is 14.7 Å². The molecule has 1 saturated heterocycles. The molecule has 0 unspecified atom stereocenters. The van der Waals surface area contributed by atoms with Crippen LogP contribution in [-0.4, -0.2) is 48.3 Å². The lowest BCUT2D eigenvalue weighted by Crippen LogP contribution is -2.62. The molecule has 2 aliphatic rings. The molecule has 2 atom stereocenters. The minimum absolute atomic E-state index is 0.0953. The summed E-state index contributed by atoms with van der Waals surface area (Å²) in [7, 11) is 1.71. The molecule has 1 saturated carbocycles. The Balaban J connectivity index is 1.64. The monoisotopic (exact) mass is 317 g/mol. The number of likely N-dealkylation sites (tertiary alicyclic amines) is 1. The summed E-state index contributed by atoms with van der Waals surface area (Å²) in [5, 5.41) is 10.2. The van der Waals surface area contributed by atoms with Crippen LogP contribution in [-0.2, 0) is 4.74 Å². The highest BCUT2D eigenvalue weighted by atomic mass is 16.5. The number of aliphatic hydroxyl groups excluding tert-OH is 1. The maximum absolute atomic E-state index is 12.7. The molecule has 1 amide bonds. The van der Waals surface area contributed by atoms with Crippen molar-refractivity contribution in [2.45, 2.75) is 51.2 Å². The average Bonchev–Trinajstić information content (AvgIpc) is 2.59. The molecule has 0 bridgehead atoms. The lowest BCUT2D eigenvalue weighted by Gasteiger charge is -2.56. The summed E-state index contributed by atoms with van der Waals surface area (Å²) in [6.45, 7) is 5.69. The summed E-state index contributed by atoms with van der Waals surface area (Å²) in [4.78, 5) is 14.6. The number of benzene rings is 1. The van der Waals surface area contributed by atoms with E-state index in [1.54, 1.807) is 7.11 Å². The Kier molecular flexibility index (Phi) is 4.47. The van der Waals surface area contributed by atoms with Gasteiger partial charge in [0.25, 0.3) is 5.91 Å². The van der Waals surface area contributed by atoms with Crippen LogP contribution in [0.5, 0.6) is 0 Å². The molecule has 0 radical (unpaired) electrons. The van der Waals surface area contributed by atoms with E-state index in [-0.39, 0.29) is 23.5 Å². The van der Waals surface area contributed by atoms with E-state index in [1.165, 1.54) is 5.56 Å². The fourth-order valence-corrected chi connectivity index (χ4v) is 4.03. The first kappa shape index (κ1) is 16.5. The van der Waals surface area contributed by atoms with Gasteiger partial charge in [0, 0.05) is 37.6 Å². The second-order valence-electron chi connectivity index (χ2n) is 7.28. The van der Waals surface area contributed by atoms with Crippen LogP contribution in [0.15, 0.2) is 24.3 Å². The quantitative estimate of drug-likeness (QED) is 0.932. The number of carbonyl (C=O) groups is 1. The molecule has 2 fully saturated rings.